The first-order chi connectivity index (χ1) is 5.74. The lowest BCUT2D eigenvalue weighted by molar-refractivity contribution is -0.133. The van der Waals surface area contributed by atoms with Crippen LogP contribution in [0.15, 0.2) is 0 Å². The molecule has 0 bridgehead atoms. The Morgan fingerprint density at radius 3 is 3.00 bits per heavy atom. The van der Waals surface area contributed by atoms with E-state index in [2.05, 4.69) is 12.6 Å². The van der Waals surface area contributed by atoms with Crippen LogP contribution >= 0.6 is 12.6 Å². The van der Waals surface area contributed by atoms with Gasteiger partial charge in [-0.25, -0.2) is 0 Å². The van der Waals surface area contributed by atoms with Crippen molar-refractivity contribution in [3.63, 3.8) is 0 Å². The fraction of sp³-hybridized carbons (Fsp3) is 0.875. The van der Waals surface area contributed by atoms with Gasteiger partial charge in [0.05, 0.1) is 6.10 Å². The SMILES string of the molecule is O=C(CCS)N1CCCC(O)C1. The van der Waals surface area contributed by atoms with Crippen molar-refractivity contribution in [2.45, 2.75) is 25.4 Å². The fourth-order valence-electron chi connectivity index (χ4n) is 1.44. The van der Waals surface area contributed by atoms with Crippen LogP contribution < -0.4 is 0 Å². The Labute approximate surface area is 78.2 Å². The van der Waals surface area contributed by atoms with Crippen LogP contribution in [0, 0.1) is 0 Å². The molecule has 1 amide bonds. The van der Waals surface area contributed by atoms with Gasteiger partial charge in [0.25, 0.3) is 0 Å². The molecule has 1 heterocycles. The summed E-state index contributed by atoms with van der Waals surface area (Å²) in [6.45, 7) is 1.30. The number of aliphatic hydroxyl groups is 1. The maximum Gasteiger partial charge on any atom is 0.223 e. The maximum atomic E-state index is 11.3. The molecule has 70 valence electrons. The van der Waals surface area contributed by atoms with Crippen LogP contribution in [-0.2, 0) is 4.79 Å². The molecule has 1 saturated heterocycles. The molecule has 1 aliphatic heterocycles. The number of hydrogen-bond donors (Lipinski definition) is 2. The number of carbonyl (C=O) groups is 1. The van der Waals surface area contributed by atoms with E-state index in [1.807, 2.05) is 0 Å². The van der Waals surface area contributed by atoms with Crippen LogP contribution in [0.2, 0.25) is 0 Å². The molecule has 0 aliphatic carbocycles. The van der Waals surface area contributed by atoms with E-state index < -0.39 is 0 Å². The first-order valence-electron chi connectivity index (χ1n) is 4.30. The van der Waals surface area contributed by atoms with Crippen molar-refractivity contribution in [2.75, 3.05) is 18.8 Å². The number of hydrogen-bond acceptors (Lipinski definition) is 3. The number of rotatable bonds is 2. The predicted molar refractivity (Wildman–Crippen MR) is 50.3 cm³/mol. The van der Waals surface area contributed by atoms with E-state index in [9.17, 15) is 9.90 Å². The number of nitrogens with zero attached hydrogens (tertiary/aromatic N) is 1. The van der Waals surface area contributed by atoms with Gasteiger partial charge in [0.1, 0.15) is 0 Å². The van der Waals surface area contributed by atoms with E-state index in [0.29, 0.717) is 18.7 Å². The van der Waals surface area contributed by atoms with Gasteiger partial charge in [-0.2, -0.15) is 12.6 Å². The lowest BCUT2D eigenvalue weighted by atomic mass is 10.1. The van der Waals surface area contributed by atoms with Gasteiger partial charge in [0.15, 0.2) is 0 Å². The highest BCUT2D eigenvalue weighted by Gasteiger charge is 2.20. The van der Waals surface area contributed by atoms with Crippen LogP contribution in [0.4, 0.5) is 0 Å². The maximum absolute atomic E-state index is 11.3. The molecule has 1 fully saturated rings. The van der Waals surface area contributed by atoms with Gasteiger partial charge in [-0.15, -0.1) is 0 Å². The molecule has 0 spiro atoms. The minimum absolute atomic E-state index is 0.115. The average molecular weight is 189 g/mol. The first kappa shape index (κ1) is 9.86. The average Bonchev–Trinajstić information content (AvgIpc) is 2.05. The molecular formula is C8H15NO2S. The number of β-amino-alcohol motifs (C(OH)–C–C–N with tert-alkyl or cyclic N) is 1. The summed E-state index contributed by atoms with van der Waals surface area (Å²) in [6, 6.07) is 0. The standard InChI is InChI=1S/C8H15NO2S/c10-7-2-1-4-9(6-7)8(11)3-5-12/h7,10,12H,1-6H2. The minimum atomic E-state index is -0.317. The topological polar surface area (TPSA) is 40.5 Å². The van der Waals surface area contributed by atoms with Gasteiger partial charge in [-0.05, 0) is 18.6 Å². The summed E-state index contributed by atoms with van der Waals surface area (Å²) in [5.41, 5.74) is 0. The van der Waals surface area contributed by atoms with Crippen LogP contribution in [0.25, 0.3) is 0 Å². The quantitative estimate of drug-likeness (QED) is 0.613. The largest absolute Gasteiger partial charge is 0.391 e. The van der Waals surface area contributed by atoms with Gasteiger partial charge in [-0.1, -0.05) is 0 Å². The van der Waals surface area contributed by atoms with Crippen molar-refractivity contribution in [1.29, 1.82) is 0 Å². The molecule has 4 heteroatoms. The predicted octanol–water partition coefficient (Wildman–Crippen LogP) is 0.290. The molecular weight excluding hydrogens is 174 g/mol. The van der Waals surface area contributed by atoms with Gasteiger partial charge in [-0.3, -0.25) is 4.79 Å². The Morgan fingerprint density at radius 1 is 1.67 bits per heavy atom. The molecule has 0 aromatic rings. The second-order valence-electron chi connectivity index (χ2n) is 3.11. The van der Waals surface area contributed by atoms with Crippen molar-refractivity contribution in [3.05, 3.63) is 0 Å². The zero-order valence-electron chi connectivity index (χ0n) is 7.07. The first-order valence-corrected chi connectivity index (χ1v) is 4.94. The van der Waals surface area contributed by atoms with Gasteiger partial charge < -0.3 is 10.0 Å². The normalized spacial score (nSPS) is 24.2. The Hall–Kier alpha value is -0.220. The summed E-state index contributed by atoms with van der Waals surface area (Å²) in [6.07, 6.45) is 1.91. The second-order valence-corrected chi connectivity index (χ2v) is 3.56. The van der Waals surface area contributed by atoms with E-state index in [4.69, 9.17) is 0 Å². The van der Waals surface area contributed by atoms with Crippen molar-refractivity contribution in [3.8, 4) is 0 Å². The van der Waals surface area contributed by atoms with Crippen LogP contribution in [0.1, 0.15) is 19.3 Å². The molecule has 1 atom stereocenters. The number of piperidine rings is 1. The Bertz CT molecular complexity index is 163. The van der Waals surface area contributed by atoms with E-state index in [-0.39, 0.29) is 12.0 Å². The third-order valence-corrected chi connectivity index (χ3v) is 2.30. The smallest absolute Gasteiger partial charge is 0.223 e. The molecule has 1 aliphatic rings. The third kappa shape index (κ3) is 2.68. The van der Waals surface area contributed by atoms with E-state index in [1.165, 1.54) is 0 Å². The summed E-state index contributed by atoms with van der Waals surface area (Å²) >= 11 is 3.99. The molecule has 1 unspecified atom stereocenters. The summed E-state index contributed by atoms with van der Waals surface area (Å²) in [5, 5.41) is 9.28. The van der Waals surface area contributed by atoms with Crippen molar-refractivity contribution in [2.24, 2.45) is 0 Å². The van der Waals surface area contributed by atoms with E-state index in [0.717, 1.165) is 19.4 Å². The third-order valence-electron chi connectivity index (χ3n) is 2.07. The molecule has 0 aromatic heterocycles. The van der Waals surface area contributed by atoms with Gasteiger partial charge in [0.2, 0.25) is 5.91 Å². The number of amides is 1. The number of thiol groups is 1. The minimum Gasteiger partial charge on any atom is -0.391 e. The van der Waals surface area contributed by atoms with Crippen molar-refractivity contribution < 1.29 is 9.90 Å². The number of likely N-dealkylation sites (tertiary alicyclic amines) is 1. The zero-order valence-corrected chi connectivity index (χ0v) is 7.96. The van der Waals surface area contributed by atoms with Gasteiger partial charge >= 0.3 is 0 Å². The molecule has 0 radical (unpaired) electrons. The number of carbonyl (C=O) groups excluding carboxylic acids is 1. The molecule has 1 rings (SSSR count). The lowest BCUT2D eigenvalue weighted by Crippen LogP contribution is -2.42. The van der Waals surface area contributed by atoms with Gasteiger partial charge in [0, 0.05) is 19.5 Å². The van der Waals surface area contributed by atoms with E-state index >= 15 is 0 Å². The second kappa shape index (κ2) is 4.72. The highest BCUT2D eigenvalue weighted by atomic mass is 32.1. The fourth-order valence-corrected chi connectivity index (χ4v) is 1.63. The van der Waals surface area contributed by atoms with Crippen LogP contribution in [-0.4, -0.2) is 40.9 Å². The summed E-state index contributed by atoms with van der Waals surface area (Å²) in [7, 11) is 0. The Morgan fingerprint density at radius 2 is 2.42 bits per heavy atom. The molecule has 12 heavy (non-hydrogen) atoms. The Balaban J connectivity index is 2.35. The lowest BCUT2D eigenvalue weighted by Gasteiger charge is -2.29. The highest BCUT2D eigenvalue weighted by molar-refractivity contribution is 7.80. The van der Waals surface area contributed by atoms with Crippen molar-refractivity contribution >= 4 is 18.5 Å². The van der Waals surface area contributed by atoms with Crippen molar-refractivity contribution in [1.82, 2.24) is 4.90 Å². The zero-order chi connectivity index (χ0) is 8.97. The molecule has 3 nitrogen and oxygen atoms in total. The summed E-state index contributed by atoms with van der Waals surface area (Å²) in [4.78, 5) is 13.0. The number of aliphatic hydroxyl groups excluding tert-OH is 1. The Kier molecular flexibility index (Phi) is 3.88. The molecule has 0 saturated carbocycles. The summed E-state index contributed by atoms with van der Waals surface area (Å²) in [5.74, 6) is 0.703. The monoisotopic (exact) mass is 189 g/mol. The summed E-state index contributed by atoms with van der Waals surface area (Å²) < 4.78 is 0. The molecule has 0 aromatic carbocycles. The highest BCUT2D eigenvalue weighted by Crippen LogP contribution is 2.10. The van der Waals surface area contributed by atoms with Crippen LogP contribution in [0.3, 0.4) is 0 Å². The van der Waals surface area contributed by atoms with E-state index in [1.54, 1.807) is 4.90 Å². The van der Waals surface area contributed by atoms with Crippen LogP contribution in [0.5, 0.6) is 0 Å². The molecule has 1 N–H and O–H groups in total.